The highest BCUT2D eigenvalue weighted by molar-refractivity contribution is 5.92. The summed E-state index contributed by atoms with van der Waals surface area (Å²) in [6, 6.07) is 7.94. The Bertz CT molecular complexity index is 496. The van der Waals surface area contributed by atoms with E-state index in [2.05, 4.69) is 6.92 Å². The largest absolute Gasteiger partial charge is 0.497 e. The van der Waals surface area contributed by atoms with Gasteiger partial charge in [-0.1, -0.05) is 12.1 Å². The molecule has 1 aliphatic rings. The van der Waals surface area contributed by atoms with Gasteiger partial charge in [0.15, 0.2) is 0 Å². The van der Waals surface area contributed by atoms with Gasteiger partial charge < -0.3 is 15.4 Å². The highest BCUT2D eigenvalue weighted by Crippen LogP contribution is 2.21. The Morgan fingerprint density at radius 2 is 2.10 bits per heavy atom. The fraction of sp³-hybridized carbons (Fsp3) is 0.471. The Morgan fingerprint density at radius 3 is 2.71 bits per heavy atom. The van der Waals surface area contributed by atoms with Crippen LogP contribution >= 0.6 is 0 Å². The number of ether oxygens (including phenoxy) is 1. The molecule has 1 aliphatic heterocycles. The molecular weight excluding hydrogens is 264 g/mol. The lowest BCUT2D eigenvalue weighted by molar-refractivity contribution is -0.130. The predicted octanol–water partition coefficient (Wildman–Crippen LogP) is 2.29. The first-order valence-electron chi connectivity index (χ1n) is 7.47. The predicted molar refractivity (Wildman–Crippen MR) is 85.0 cm³/mol. The number of likely N-dealkylation sites (tertiary alicyclic amines) is 1. The number of rotatable bonds is 4. The summed E-state index contributed by atoms with van der Waals surface area (Å²) in [6.45, 7) is 3.52. The van der Waals surface area contributed by atoms with Crippen LogP contribution in [0.5, 0.6) is 5.75 Å². The molecule has 0 aromatic heterocycles. The van der Waals surface area contributed by atoms with Gasteiger partial charge in [0.1, 0.15) is 5.75 Å². The Kier molecular flexibility index (Phi) is 5.39. The van der Waals surface area contributed by atoms with Crippen molar-refractivity contribution in [2.24, 2.45) is 11.7 Å². The van der Waals surface area contributed by atoms with E-state index in [9.17, 15) is 4.79 Å². The maximum atomic E-state index is 12.3. The van der Waals surface area contributed by atoms with Crippen molar-refractivity contribution in [2.45, 2.75) is 25.8 Å². The molecule has 4 nitrogen and oxygen atoms in total. The number of carbonyl (C=O) groups is 1. The number of amides is 1. The van der Waals surface area contributed by atoms with Gasteiger partial charge in [-0.3, -0.25) is 4.79 Å². The summed E-state index contributed by atoms with van der Waals surface area (Å²) in [5.74, 6) is 1.31. The van der Waals surface area contributed by atoms with Crippen LogP contribution < -0.4 is 10.5 Å². The summed E-state index contributed by atoms with van der Waals surface area (Å²) in [7, 11) is 1.64. The van der Waals surface area contributed by atoms with Crippen molar-refractivity contribution in [1.29, 1.82) is 0 Å². The van der Waals surface area contributed by atoms with Gasteiger partial charge in [-0.25, -0.2) is 0 Å². The topological polar surface area (TPSA) is 55.6 Å². The van der Waals surface area contributed by atoms with Crippen molar-refractivity contribution >= 4 is 12.0 Å². The first-order chi connectivity index (χ1) is 10.1. The lowest BCUT2D eigenvalue weighted by Crippen LogP contribution is -2.46. The van der Waals surface area contributed by atoms with Gasteiger partial charge in [0, 0.05) is 18.7 Å². The molecule has 0 bridgehead atoms. The summed E-state index contributed by atoms with van der Waals surface area (Å²) < 4.78 is 5.12. The van der Waals surface area contributed by atoms with E-state index in [1.807, 2.05) is 35.2 Å². The van der Waals surface area contributed by atoms with Crippen LogP contribution in [0.4, 0.5) is 0 Å². The number of piperidine rings is 1. The number of nitrogens with zero attached hydrogens (tertiary/aromatic N) is 1. The number of carbonyl (C=O) groups excluding carboxylic acids is 1. The monoisotopic (exact) mass is 288 g/mol. The van der Waals surface area contributed by atoms with Gasteiger partial charge >= 0.3 is 0 Å². The van der Waals surface area contributed by atoms with Gasteiger partial charge in [0.2, 0.25) is 5.91 Å². The molecule has 0 spiro atoms. The molecule has 2 unspecified atom stereocenters. The van der Waals surface area contributed by atoms with Crippen LogP contribution in [-0.2, 0) is 4.79 Å². The van der Waals surface area contributed by atoms with Crippen molar-refractivity contribution in [1.82, 2.24) is 4.90 Å². The molecule has 2 atom stereocenters. The molecule has 21 heavy (non-hydrogen) atoms. The third kappa shape index (κ3) is 4.08. The van der Waals surface area contributed by atoms with Crippen molar-refractivity contribution in [3.8, 4) is 5.75 Å². The normalized spacial score (nSPS) is 22.5. The average Bonchev–Trinajstić information content (AvgIpc) is 2.53. The van der Waals surface area contributed by atoms with Gasteiger partial charge in [-0.05, 0) is 56.0 Å². The number of hydrogen-bond acceptors (Lipinski definition) is 3. The molecule has 1 fully saturated rings. The van der Waals surface area contributed by atoms with Crippen molar-refractivity contribution in [3.05, 3.63) is 35.9 Å². The molecule has 1 aromatic carbocycles. The second kappa shape index (κ2) is 7.27. The maximum absolute atomic E-state index is 12.3. The van der Waals surface area contributed by atoms with Crippen molar-refractivity contribution < 1.29 is 9.53 Å². The summed E-state index contributed by atoms with van der Waals surface area (Å²) in [5, 5.41) is 0. The molecule has 2 rings (SSSR count). The van der Waals surface area contributed by atoms with Crippen molar-refractivity contribution in [2.75, 3.05) is 20.2 Å². The molecule has 4 heteroatoms. The Labute approximate surface area is 126 Å². The van der Waals surface area contributed by atoms with Crippen LogP contribution in [-0.4, -0.2) is 37.0 Å². The van der Waals surface area contributed by atoms with E-state index in [0.717, 1.165) is 30.7 Å². The van der Waals surface area contributed by atoms with E-state index < -0.39 is 0 Å². The summed E-state index contributed by atoms with van der Waals surface area (Å²) in [6.07, 6.45) is 5.64. The van der Waals surface area contributed by atoms with E-state index in [1.54, 1.807) is 13.2 Å². The molecule has 1 aromatic rings. The summed E-state index contributed by atoms with van der Waals surface area (Å²) >= 11 is 0. The van der Waals surface area contributed by atoms with E-state index in [1.165, 1.54) is 0 Å². The Morgan fingerprint density at radius 1 is 1.38 bits per heavy atom. The standard InChI is InChI=1S/C17H24N2O2/c1-13-3-4-15(11-18)12-19(13)17(20)10-7-14-5-8-16(21-2)9-6-14/h5-10,13,15H,3-4,11-12,18H2,1-2H3. The van der Waals surface area contributed by atoms with Gasteiger partial charge in [-0.15, -0.1) is 0 Å². The fourth-order valence-corrected chi connectivity index (χ4v) is 2.66. The molecule has 114 valence electrons. The minimum absolute atomic E-state index is 0.0662. The SMILES string of the molecule is COc1ccc(C=CC(=O)N2CC(CN)CCC2C)cc1. The number of hydrogen-bond donors (Lipinski definition) is 1. The number of methoxy groups -OCH3 is 1. The minimum atomic E-state index is 0.0662. The number of nitrogens with two attached hydrogens (primary N) is 1. The Hall–Kier alpha value is -1.81. The van der Waals surface area contributed by atoms with E-state index in [4.69, 9.17) is 10.5 Å². The van der Waals surface area contributed by atoms with Crippen LogP contribution in [0.2, 0.25) is 0 Å². The molecule has 1 amide bonds. The van der Waals surface area contributed by atoms with E-state index >= 15 is 0 Å². The van der Waals surface area contributed by atoms with Crippen LogP contribution in [0.3, 0.4) is 0 Å². The van der Waals surface area contributed by atoms with E-state index in [0.29, 0.717) is 18.5 Å². The third-order valence-electron chi connectivity index (χ3n) is 4.13. The van der Waals surface area contributed by atoms with Crippen LogP contribution in [0, 0.1) is 5.92 Å². The highest BCUT2D eigenvalue weighted by atomic mass is 16.5. The van der Waals surface area contributed by atoms with Crippen LogP contribution in [0.1, 0.15) is 25.3 Å². The molecule has 0 saturated carbocycles. The maximum Gasteiger partial charge on any atom is 0.246 e. The lowest BCUT2D eigenvalue weighted by Gasteiger charge is -2.37. The molecular formula is C17H24N2O2. The first-order valence-corrected chi connectivity index (χ1v) is 7.47. The average molecular weight is 288 g/mol. The Balaban J connectivity index is 2.00. The molecule has 2 N–H and O–H groups in total. The highest BCUT2D eigenvalue weighted by Gasteiger charge is 2.26. The van der Waals surface area contributed by atoms with Gasteiger partial charge in [0.05, 0.1) is 7.11 Å². The zero-order valence-electron chi connectivity index (χ0n) is 12.8. The first kappa shape index (κ1) is 15.6. The summed E-state index contributed by atoms with van der Waals surface area (Å²) in [4.78, 5) is 14.3. The van der Waals surface area contributed by atoms with Gasteiger partial charge in [0.25, 0.3) is 0 Å². The minimum Gasteiger partial charge on any atom is -0.497 e. The molecule has 1 saturated heterocycles. The molecule has 0 aliphatic carbocycles. The second-order valence-electron chi connectivity index (χ2n) is 5.63. The fourth-order valence-electron chi connectivity index (χ4n) is 2.66. The third-order valence-corrected chi connectivity index (χ3v) is 4.13. The van der Waals surface area contributed by atoms with Crippen LogP contribution in [0.15, 0.2) is 30.3 Å². The number of benzene rings is 1. The smallest absolute Gasteiger partial charge is 0.246 e. The van der Waals surface area contributed by atoms with Crippen LogP contribution in [0.25, 0.3) is 6.08 Å². The van der Waals surface area contributed by atoms with Gasteiger partial charge in [-0.2, -0.15) is 0 Å². The summed E-state index contributed by atoms with van der Waals surface area (Å²) in [5.41, 5.74) is 6.73. The molecule has 0 radical (unpaired) electrons. The zero-order valence-corrected chi connectivity index (χ0v) is 12.8. The quantitative estimate of drug-likeness (QED) is 0.865. The van der Waals surface area contributed by atoms with E-state index in [-0.39, 0.29) is 5.91 Å². The lowest BCUT2D eigenvalue weighted by atomic mass is 9.93. The van der Waals surface area contributed by atoms with Crippen molar-refractivity contribution in [3.63, 3.8) is 0 Å². The zero-order chi connectivity index (χ0) is 15.2. The second-order valence-corrected chi connectivity index (χ2v) is 5.63. The molecule has 1 heterocycles.